The van der Waals surface area contributed by atoms with E-state index in [0.29, 0.717) is 0 Å². The molecule has 2 unspecified atom stereocenters. The van der Waals surface area contributed by atoms with Crippen molar-refractivity contribution >= 4 is 16.5 Å². The van der Waals surface area contributed by atoms with E-state index in [4.69, 9.17) is 0 Å². The molecule has 0 heterocycles. The van der Waals surface area contributed by atoms with Crippen molar-refractivity contribution in [1.29, 1.82) is 0 Å². The lowest BCUT2D eigenvalue weighted by molar-refractivity contribution is 1.15. The summed E-state index contributed by atoms with van der Waals surface area (Å²) in [6.45, 7) is 4.42. The minimum Gasteiger partial charge on any atom is -0.102 e. The second kappa shape index (κ2) is 5.68. The van der Waals surface area contributed by atoms with Crippen molar-refractivity contribution < 1.29 is 0 Å². The van der Waals surface area contributed by atoms with E-state index in [1.807, 2.05) is 0 Å². The van der Waals surface area contributed by atoms with Crippen LogP contribution in [0.5, 0.6) is 0 Å². The van der Waals surface area contributed by atoms with E-state index in [1.54, 1.807) is 0 Å². The average Bonchev–Trinajstić information content (AvgIpc) is 2.09. The van der Waals surface area contributed by atoms with Crippen LogP contribution in [0, 0.1) is 6.92 Å². The average molecular weight is 198 g/mol. The third kappa shape index (κ3) is 3.65. The minimum atomic E-state index is 1.13. The summed E-state index contributed by atoms with van der Waals surface area (Å²) in [5.74, 6) is 0. The van der Waals surface area contributed by atoms with Crippen LogP contribution >= 0.6 is 16.5 Å². The molecule has 0 radical (unpaired) electrons. The quantitative estimate of drug-likeness (QED) is 0.513. The van der Waals surface area contributed by atoms with Gasteiger partial charge in [-0.25, -0.2) is 0 Å². The van der Waals surface area contributed by atoms with Crippen LogP contribution in [0.25, 0.3) is 0 Å². The molecule has 1 aromatic carbocycles. The van der Waals surface area contributed by atoms with Crippen molar-refractivity contribution in [3.63, 3.8) is 0 Å². The summed E-state index contributed by atoms with van der Waals surface area (Å²) in [6.07, 6.45) is 2.64. The number of hydrogen-bond donors (Lipinski definition) is 0. The number of hydrogen-bond acceptors (Lipinski definition) is 0. The molecular formula is C10H16P2. The molecular weight excluding hydrogens is 182 g/mol. The molecule has 0 aliphatic heterocycles. The largest absolute Gasteiger partial charge is 0.102 e. The van der Waals surface area contributed by atoms with Crippen LogP contribution < -0.4 is 0 Å². The van der Waals surface area contributed by atoms with Gasteiger partial charge in [0.15, 0.2) is 0 Å². The van der Waals surface area contributed by atoms with Crippen LogP contribution in [0.2, 0.25) is 0 Å². The molecule has 0 fully saturated rings. The summed E-state index contributed by atoms with van der Waals surface area (Å²) in [5.41, 5.74) is 2.85. The molecule has 0 spiro atoms. The van der Waals surface area contributed by atoms with Gasteiger partial charge in [-0.05, 0) is 31.7 Å². The molecule has 0 N–H and O–H groups in total. The summed E-state index contributed by atoms with van der Waals surface area (Å²) in [7, 11) is 2.30. The highest BCUT2D eigenvalue weighted by Gasteiger charge is 1.91. The molecule has 12 heavy (non-hydrogen) atoms. The van der Waals surface area contributed by atoms with Crippen molar-refractivity contribution in [2.75, 3.05) is 12.8 Å². The van der Waals surface area contributed by atoms with Gasteiger partial charge in [0, 0.05) is 0 Å². The van der Waals surface area contributed by atoms with Gasteiger partial charge < -0.3 is 0 Å². The van der Waals surface area contributed by atoms with Gasteiger partial charge in [0.25, 0.3) is 0 Å². The predicted molar refractivity (Wildman–Crippen MR) is 62.3 cm³/mol. The van der Waals surface area contributed by atoms with Gasteiger partial charge in [0.1, 0.15) is 0 Å². The van der Waals surface area contributed by atoms with Crippen LogP contribution in [0.3, 0.4) is 0 Å². The van der Waals surface area contributed by atoms with Gasteiger partial charge in [0.2, 0.25) is 0 Å². The van der Waals surface area contributed by atoms with Gasteiger partial charge in [-0.15, -0.1) is 8.27 Å². The molecule has 0 aliphatic carbocycles. The first-order valence-electron chi connectivity index (χ1n) is 4.28. The van der Waals surface area contributed by atoms with Crippen LogP contribution in [0.1, 0.15) is 11.1 Å². The van der Waals surface area contributed by atoms with Crippen LogP contribution in [0.15, 0.2) is 24.3 Å². The Morgan fingerprint density at radius 1 is 1.17 bits per heavy atom. The predicted octanol–water partition coefficient (Wildman–Crippen LogP) is 3.44. The van der Waals surface area contributed by atoms with Gasteiger partial charge in [-0.2, -0.15) is 0 Å². The van der Waals surface area contributed by atoms with E-state index < -0.39 is 0 Å². The SMILES string of the molecule is CPPCCc1ccc(C)cc1. The Morgan fingerprint density at radius 3 is 2.42 bits per heavy atom. The molecule has 0 aromatic heterocycles. The van der Waals surface area contributed by atoms with E-state index in [2.05, 4.69) is 37.9 Å². The van der Waals surface area contributed by atoms with Gasteiger partial charge in [-0.1, -0.05) is 38.1 Å². The molecule has 66 valence electrons. The molecule has 2 atom stereocenters. The normalized spacial score (nSPS) is 12.2. The fraction of sp³-hybridized carbons (Fsp3) is 0.400. The van der Waals surface area contributed by atoms with Crippen molar-refractivity contribution in [2.45, 2.75) is 13.3 Å². The summed E-state index contributed by atoms with van der Waals surface area (Å²) in [4.78, 5) is 0. The summed E-state index contributed by atoms with van der Waals surface area (Å²) < 4.78 is 0. The molecule has 0 aliphatic rings. The highest BCUT2D eigenvalue weighted by Crippen LogP contribution is 2.32. The van der Waals surface area contributed by atoms with E-state index in [1.165, 1.54) is 32.0 Å². The zero-order chi connectivity index (χ0) is 8.81. The first kappa shape index (κ1) is 10.2. The highest BCUT2D eigenvalue weighted by atomic mass is 32.0. The third-order valence-corrected chi connectivity index (χ3v) is 4.50. The highest BCUT2D eigenvalue weighted by molar-refractivity contribution is 8.11. The first-order chi connectivity index (χ1) is 5.83. The van der Waals surface area contributed by atoms with E-state index >= 15 is 0 Å². The Labute approximate surface area is 78.6 Å². The fourth-order valence-corrected chi connectivity index (χ4v) is 2.88. The minimum absolute atomic E-state index is 1.13. The van der Waals surface area contributed by atoms with Crippen LogP contribution in [0.4, 0.5) is 0 Å². The lowest BCUT2D eigenvalue weighted by Crippen LogP contribution is -1.85. The van der Waals surface area contributed by atoms with Crippen LogP contribution in [-0.4, -0.2) is 12.8 Å². The zero-order valence-electron chi connectivity index (χ0n) is 7.72. The van der Waals surface area contributed by atoms with E-state index in [9.17, 15) is 0 Å². The van der Waals surface area contributed by atoms with Gasteiger partial charge in [0.05, 0.1) is 0 Å². The maximum absolute atomic E-state index is 2.29. The third-order valence-electron chi connectivity index (χ3n) is 1.84. The van der Waals surface area contributed by atoms with Crippen molar-refractivity contribution in [2.24, 2.45) is 0 Å². The fourth-order valence-electron chi connectivity index (χ4n) is 1.09. The molecule has 0 amide bonds. The van der Waals surface area contributed by atoms with Crippen molar-refractivity contribution in [3.05, 3.63) is 35.4 Å². The molecule has 1 rings (SSSR count). The smallest absolute Gasteiger partial charge is 0.0239 e. The number of rotatable bonds is 4. The molecule has 0 bridgehead atoms. The van der Waals surface area contributed by atoms with Crippen LogP contribution in [-0.2, 0) is 6.42 Å². The second-order valence-electron chi connectivity index (χ2n) is 2.91. The Bertz CT molecular complexity index is 216. The summed E-state index contributed by atoms with van der Waals surface area (Å²) in [6, 6.07) is 8.90. The zero-order valence-corrected chi connectivity index (χ0v) is 9.72. The number of benzene rings is 1. The monoisotopic (exact) mass is 198 g/mol. The molecule has 0 saturated heterocycles. The summed E-state index contributed by atoms with van der Waals surface area (Å²) in [5, 5.41) is 0. The maximum Gasteiger partial charge on any atom is -0.0239 e. The topological polar surface area (TPSA) is 0 Å². The molecule has 0 nitrogen and oxygen atoms in total. The van der Waals surface area contributed by atoms with Crippen molar-refractivity contribution in [3.8, 4) is 0 Å². The Morgan fingerprint density at radius 2 is 1.83 bits per heavy atom. The maximum atomic E-state index is 2.29. The van der Waals surface area contributed by atoms with Crippen molar-refractivity contribution in [1.82, 2.24) is 0 Å². The van der Waals surface area contributed by atoms with Gasteiger partial charge >= 0.3 is 0 Å². The Balaban J connectivity index is 2.37. The number of aryl methyl sites for hydroxylation is 2. The lowest BCUT2D eigenvalue weighted by Gasteiger charge is -2.00. The van der Waals surface area contributed by atoms with E-state index in [0.717, 1.165) is 8.27 Å². The summed E-state index contributed by atoms with van der Waals surface area (Å²) >= 11 is 0. The molecule has 2 heteroatoms. The second-order valence-corrected chi connectivity index (χ2v) is 6.83. The molecule has 1 aromatic rings. The van der Waals surface area contributed by atoms with Gasteiger partial charge in [-0.3, -0.25) is 0 Å². The molecule has 0 saturated carbocycles. The first-order valence-corrected chi connectivity index (χ1v) is 7.99. The standard InChI is InChI=1S/C10H16P2/c1-9-3-5-10(6-4-9)7-8-12-11-2/h3-6,11-12H,7-8H2,1-2H3. The van der Waals surface area contributed by atoms with E-state index in [-0.39, 0.29) is 0 Å². The Hall–Kier alpha value is 0.0800. The lowest BCUT2D eigenvalue weighted by atomic mass is 10.1. The Kier molecular flexibility index (Phi) is 4.81.